The van der Waals surface area contributed by atoms with Gasteiger partial charge in [-0.15, -0.1) is 0 Å². The molecule has 2 aliphatic heterocycles. The number of alkyl halides is 4. The highest BCUT2D eigenvalue weighted by molar-refractivity contribution is 6.04. The molecule has 8 rings (SSSR count). The number of fused-ring (bicyclic) bond motifs is 2. The van der Waals surface area contributed by atoms with Crippen molar-refractivity contribution in [3.05, 3.63) is 82.2 Å². The third kappa shape index (κ3) is 7.51. The largest absolute Gasteiger partial charge is 0.497 e. The van der Waals surface area contributed by atoms with Crippen LogP contribution >= 0.6 is 0 Å². The first-order valence-electron chi connectivity index (χ1n) is 19.1. The van der Waals surface area contributed by atoms with Crippen LogP contribution in [0.5, 0.6) is 5.75 Å². The van der Waals surface area contributed by atoms with Crippen molar-refractivity contribution in [3.63, 3.8) is 0 Å². The Morgan fingerprint density at radius 1 is 1.02 bits per heavy atom. The molecule has 1 aliphatic carbocycles. The lowest BCUT2D eigenvalue weighted by atomic mass is 9.83. The van der Waals surface area contributed by atoms with Gasteiger partial charge >= 0.3 is 11.9 Å². The quantitative estimate of drug-likeness (QED) is 0.146. The third-order valence-corrected chi connectivity index (χ3v) is 11.7. The van der Waals surface area contributed by atoms with Gasteiger partial charge in [0.1, 0.15) is 29.4 Å². The number of carbonyl (C=O) groups is 3. The summed E-state index contributed by atoms with van der Waals surface area (Å²) in [6, 6.07) is 11.8. The molecule has 1 unspecified atom stereocenters. The number of aromatic nitrogens is 5. The average molecular weight is 791 g/mol. The van der Waals surface area contributed by atoms with Crippen LogP contribution in [0.15, 0.2) is 59.5 Å². The van der Waals surface area contributed by atoms with E-state index in [1.807, 2.05) is 16.9 Å². The van der Waals surface area contributed by atoms with E-state index in [1.54, 1.807) is 37.4 Å². The predicted octanol–water partition coefficient (Wildman–Crippen LogP) is 5.90. The van der Waals surface area contributed by atoms with E-state index in [2.05, 4.69) is 20.5 Å². The van der Waals surface area contributed by atoms with Gasteiger partial charge in [0.2, 0.25) is 11.8 Å². The summed E-state index contributed by atoms with van der Waals surface area (Å²) in [7, 11) is 2.85. The smallest absolute Gasteiger partial charge is 0.433 e. The van der Waals surface area contributed by atoms with Crippen LogP contribution < -0.4 is 21.1 Å². The summed E-state index contributed by atoms with van der Waals surface area (Å²) in [5.41, 5.74) is 1.01. The van der Waals surface area contributed by atoms with Gasteiger partial charge in [-0.1, -0.05) is 12.1 Å². The van der Waals surface area contributed by atoms with Gasteiger partial charge in [0.15, 0.2) is 0 Å². The number of hydrogen-bond donors (Lipinski definition) is 2. The molecule has 3 fully saturated rings. The normalized spacial score (nSPS) is 23.5. The number of anilines is 1. The Bertz CT molecular complexity index is 2430. The molecule has 2 N–H and O–H groups in total. The van der Waals surface area contributed by atoms with Crippen LogP contribution in [0.3, 0.4) is 0 Å². The molecule has 0 radical (unpaired) electrons. The Kier molecular flexibility index (Phi) is 10.1. The van der Waals surface area contributed by atoms with Gasteiger partial charge in [-0.05, 0) is 80.8 Å². The van der Waals surface area contributed by atoms with Crippen molar-refractivity contribution in [1.82, 2.24) is 34.1 Å². The highest BCUT2D eigenvalue weighted by atomic mass is 19.4. The molecular weight excluding hydrogens is 748 g/mol. The molecule has 2 saturated heterocycles. The van der Waals surface area contributed by atoms with E-state index in [1.165, 1.54) is 16.2 Å². The molecule has 3 amide bonds. The lowest BCUT2D eigenvalue weighted by Crippen LogP contribution is -2.44. The van der Waals surface area contributed by atoms with Gasteiger partial charge in [-0.2, -0.15) is 18.3 Å². The van der Waals surface area contributed by atoms with Gasteiger partial charge in [0, 0.05) is 61.9 Å². The van der Waals surface area contributed by atoms with E-state index in [-0.39, 0.29) is 42.8 Å². The van der Waals surface area contributed by atoms with Crippen molar-refractivity contribution in [2.75, 3.05) is 32.1 Å². The fourth-order valence-electron chi connectivity index (χ4n) is 8.83. The van der Waals surface area contributed by atoms with Gasteiger partial charge in [-0.3, -0.25) is 33.5 Å². The number of imidazole rings is 1. The van der Waals surface area contributed by atoms with Gasteiger partial charge in [0.05, 0.1) is 29.7 Å². The van der Waals surface area contributed by atoms with Crippen molar-refractivity contribution in [2.45, 2.75) is 75.3 Å². The van der Waals surface area contributed by atoms with Crippen molar-refractivity contribution in [1.29, 1.82) is 0 Å². The highest BCUT2D eigenvalue weighted by Crippen LogP contribution is 2.38. The summed E-state index contributed by atoms with van der Waals surface area (Å²) in [5.74, 6) is -1.82. The summed E-state index contributed by atoms with van der Waals surface area (Å²) in [6.07, 6.45) is 0.646. The summed E-state index contributed by atoms with van der Waals surface area (Å²) in [6.45, 7) is 1.78. The van der Waals surface area contributed by atoms with Crippen molar-refractivity contribution >= 4 is 45.3 Å². The Labute approximate surface area is 324 Å². The Balaban J connectivity index is 0.875. The fourth-order valence-corrected chi connectivity index (χ4v) is 8.83. The molecule has 3 aliphatic rings. The van der Waals surface area contributed by atoms with Crippen molar-refractivity contribution in [2.24, 2.45) is 13.0 Å². The molecule has 5 heterocycles. The number of nitrogens with one attached hydrogen (secondary N) is 2. The minimum Gasteiger partial charge on any atom is -0.497 e. The van der Waals surface area contributed by atoms with E-state index in [0.717, 1.165) is 55.3 Å². The number of rotatable bonds is 8. The number of amides is 3. The molecule has 2 aromatic carbocycles. The number of ether oxygens (including phenoxy) is 1. The van der Waals surface area contributed by atoms with Crippen LogP contribution in [0.25, 0.3) is 21.9 Å². The van der Waals surface area contributed by atoms with Crippen LogP contribution in [-0.4, -0.2) is 79.4 Å². The van der Waals surface area contributed by atoms with Crippen LogP contribution in [0.4, 0.5) is 23.2 Å². The minimum absolute atomic E-state index is 0.133. The number of likely N-dealkylation sites (tertiary alicyclic amines) is 1. The maximum atomic E-state index is 16.1. The number of aryl methyl sites for hydroxylation is 1. The van der Waals surface area contributed by atoms with E-state index >= 15 is 4.39 Å². The monoisotopic (exact) mass is 790 g/mol. The lowest BCUT2D eigenvalue weighted by molar-refractivity contribution is -0.141. The number of piperidine rings is 2. The first-order valence-corrected chi connectivity index (χ1v) is 19.1. The van der Waals surface area contributed by atoms with Gasteiger partial charge in [-0.25, -0.2) is 14.2 Å². The van der Waals surface area contributed by atoms with E-state index in [4.69, 9.17) is 9.84 Å². The zero-order valence-corrected chi connectivity index (χ0v) is 31.4. The second-order valence-electron chi connectivity index (χ2n) is 15.4. The average Bonchev–Trinajstić information content (AvgIpc) is 3.72. The Morgan fingerprint density at radius 3 is 2.53 bits per heavy atom. The number of carbonyl (C=O) groups excluding carboxylic acids is 3. The highest BCUT2D eigenvalue weighted by Gasteiger charge is 2.37. The van der Waals surface area contributed by atoms with Crippen molar-refractivity contribution < 1.29 is 36.7 Å². The third-order valence-electron chi connectivity index (χ3n) is 11.7. The van der Waals surface area contributed by atoms with Crippen LogP contribution in [0.2, 0.25) is 0 Å². The minimum atomic E-state index is -4.75. The summed E-state index contributed by atoms with van der Waals surface area (Å²) >= 11 is 0. The molecule has 0 spiro atoms. The van der Waals surface area contributed by atoms with E-state index in [9.17, 15) is 32.3 Å². The Hall–Kier alpha value is -5.58. The maximum absolute atomic E-state index is 16.1. The fraction of sp³-hybridized carbons (Fsp3) is 0.450. The van der Waals surface area contributed by atoms with Crippen LogP contribution in [-0.2, 0) is 22.8 Å². The number of halogens is 4. The number of imide groups is 1. The first kappa shape index (κ1) is 38.3. The topological polar surface area (TPSA) is 145 Å². The molecule has 3 aromatic heterocycles. The Morgan fingerprint density at radius 2 is 1.81 bits per heavy atom. The second kappa shape index (κ2) is 15.1. The molecule has 300 valence electrons. The van der Waals surface area contributed by atoms with E-state index < -0.39 is 47.5 Å². The molecule has 0 bridgehead atoms. The lowest BCUT2D eigenvalue weighted by Gasteiger charge is -2.38. The summed E-state index contributed by atoms with van der Waals surface area (Å²) in [4.78, 5) is 56.4. The standard InChI is InChI=1S/C40H42F4N8O5/c1-49-36-28(4-3-5-32(36)52(39(49)56)33-12-13-35(53)47-38(33)55)27-14-15-50(21-29(27)41)19-22-6-9-25(10-7-22)51-20-23-16-24(8-11-30(23)48-51)45-37(54)31-17-26(57-2)18-34(46-31)40(42,43)44/h3-5,8,11,16-18,20,22,25,27,29,33H,6-7,9-10,12-15,19,21H2,1-2H3,(H,45,54)(H,47,53,55)/t22?,25?,27-,29+,33?/m0/s1. The van der Waals surface area contributed by atoms with Gasteiger partial charge in [0.25, 0.3) is 5.91 Å². The molecule has 17 heteroatoms. The van der Waals surface area contributed by atoms with Crippen LogP contribution in [0, 0.1) is 5.92 Å². The number of methoxy groups -OCH3 is 1. The van der Waals surface area contributed by atoms with E-state index in [0.29, 0.717) is 41.1 Å². The number of nitrogens with zero attached hydrogens (tertiary/aromatic N) is 6. The second-order valence-corrected chi connectivity index (χ2v) is 15.4. The number of benzene rings is 2. The number of hydrogen-bond acceptors (Lipinski definition) is 8. The molecule has 13 nitrogen and oxygen atoms in total. The predicted molar refractivity (Wildman–Crippen MR) is 202 cm³/mol. The van der Waals surface area contributed by atoms with Crippen molar-refractivity contribution in [3.8, 4) is 5.75 Å². The van der Waals surface area contributed by atoms with Gasteiger partial charge < -0.3 is 15.0 Å². The molecule has 3 atom stereocenters. The molecule has 57 heavy (non-hydrogen) atoms. The molecule has 5 aromatic rings. The zero-order chi connectivity index (χ0) is 40.2. The number of para-hydroxylation sites is 1. The first-order chi connectivity index (χ1) is 27.3. The SMILES string of the molecule is COc1cc(C(=O)Nc2ccc3nn(C4CCC(CN5CC[C@@H](c6cccc7c6n(C)c(=O)n7C6CCC(=O)NC6=O)[C@H](F)C5)CC4)cc3c2)nc(C(F)(F)F)c1. The summed E-state index contributed by atoms with van der Waals surface area (Å²) < 4.78 is 65.9. The maximum Gasteiger partial charge on any atom is 0.433 e. The zero-order valence-electron chi connectivity index (χ0n) is 31.4. The number of pyridine rings is 1. The molecular formula is C40H42F4N8O5. The van der Waals surface area contributed by atoms with Crippen LogP contribution in [0.1, 0.15) is 84.7 Å². The summed E-state index contributed by atoms with van der Waals surface area (Å²) in [5, 5.41) is 10.5. The molecule has 1 saturated carbocycles.